The van der Waals surface area contributed by atoms with Crippen LogP contribution in [0.4, 0.5) is 0 Å². The number of hydrogen-bond donors (Lipinski definition) is 1. The summed E-state index contributed by atoms with van der Waals surface area (Å²) in [5.74, 6) is 0.763. The van der Waals surface area contributed by atoms with Crippen LogP contribution in [-0.4, -0.2) is 28.6 Å². The first-order valence-electron chi connectivity index (χ1n) is 9.03. The molecule has 0 spiro atoms. The van der Waals surface area contributed by atoms with Crippen LogP contribution in [0, 0.1) is 0 Å². The number of carbonyl (C=O) groups is 1. The Kier molecular flexibility index (Phi) is 6.34. The van der Waals surface area contributed by atoms with Gasteiger partial charge in [-0.05, 0) is 60.7 Å². The lowest BCUT2D eigenvalue weighted by molar-refractivity contribution is 0.100. The highest BCUT2D eigenvalue weighted by Gasteiger charge is 2.07. The zero-order chi connectivity index (χ0) is 19.1. The van der Waals surface area contributed by atoms with Gasteiger partial charge >= 0.3 is 0 Å². The number of aryl methyl sites for hydroxylation is 1. The second kappa shape index (κ2) is 9.10. The molecule has 2 aromatic carbocycles. The van der Waals surface area contributed by atoms with Gasteiger partial charge in [-0.25, -0.2) is 0 Å². The van der Waals surface area contributed by atoms with Crippen molar-refractivity contribution < 1.29 is 14.6 Å². The number of Topliss-reactive ketones (excluding diaryl/α,β-unsaturated/α-hetero) is 1. The molecule has 0 aliphatic carbocycles. The third-order valence-corrected chi connectivity index (χ3v) is 4.39. The van der Waals surface area contributed by atoms with Crippen LogP contribution in [0.25, 0.3) is 11.1 Å². The lowest BCUT2D eigenvalue weighted by Gasteiger charge is -2.13. The van der Waals surface area contributed by atoms with Gasteiger partial charge in [-0.1, -0.05) is 36.4 Å². The monoisotopic (exact) mass is 361 g/mol. The number of pyridine rings is 1. The highest BCUT2D eigenvalue weighted by atomic mass is 16.5. The van der Waals surface area contributed by atoms with E-state index in [1.54, 1.807) is 13.1 Å². The minimum absolute atomic E-state index is 0.0528. The number of hydrogen-bond acceptors (Lipinski definition) is 4. The van der Waals surface area contributed by atoms with Gasteiger partial charge in [-0.3, -0.25) is 9.78 Å². The van der Waals surface area contributed by atoms with Gasteiger partial charge < -0.3 is 9.84 Å². The predicted octanol–water partition coefficient (Wildman–Crippen LogP) is 4.32. The second-order valence-electron chi connectivity index (χ2n) is 6.53. The molecule has 0 bridgehead atoms. The van der Waals surface area contributed by atoms with E-state index in [2.05, 4.69) is 4.98 Å². The molecule has 0 saturated carbocycles. The van der Waals surface area contributed by atoms with Crippen molar-refractivity contribution in [3.8, 4) is 16.9 Å². The molecular formula is C23H23NO3. The number of benzene rings is 2. The minimum atomic E-state index is -0.530. The van der Waals surface area contributed by atoms with E-state index in [-0.39, 0.29) is 12.4 Å². The largest absolute Gasteiger partial charge is 0.491 e. The number of carbonyl (C=O) groups excluding carboxylic acids is 1. The molecule has 0 amide bonds. The van der Waals surface area contributed by atoms with E-state index in [0.717, 1.165) is 23.1 Å². The normalized spacial score (nSPS) is 11.8. The molecule has 27 heavy (non-hydrogen) atoms. The van der Waals surface area contributed by atoms with Crippen LogP contribution in [0.2, 0.25) is 0 Å². The van der Waals surface area contributed by atoms with E-state index in [1.807, 2.05) is 66.9 Å². The average Bonchev–Trinajstić information content (AvgIpc) is 2.72. The summed E-state index contributed by atoms with van der Waals surface area (Å²) in [5, 5.41) is 10.1. The first-order chi connectivity index (χ1) is 13.1. The molecule has 0 aliphatic heterocycles. The molecule has 0 saturated heterocycles. The summed E-state index contributed by atoms with van der Waals surface area (Å²) in [4.78, 5) is 15.6. The molecule has 1 aromatic heterocycles. The summed E-state index contributed by atoms with van der Waals surface area (Å²) in [6.07, 6.45) is 4.42. The van der Waals surface area contributed by atoms with Crippen molar-refractivity contribution in [2.45, 2.75) is 25.9 Å². The maximum absolute atomic E-state index is 11.5. The van der Waals surface area contributed by atoms with E-state index in [9.17, 15) is 9.90 Å². The molecule has 0 aliphatic rings. The molecular weight excluding hydrogens is 338 g/mol. The molecule has 4 nitrogen and oxygen atoms in total. The Morgan fingerprint density at radius 2 is 1.89 bits per heavy atom. The van der Waals surface area contributed by atoms with Gasteiger partial charge in [0.1, 0.15) is 12.4 Å². The number of ether oxygens (including phenoxy) is 1. The van der Waals surface area contributed by atoms with Gasteiger partial charge in [0.2, 0.25) is 0 Å². The lowest BCUT2D eigenvalue weighted by Crippen LogP contribution is -2.18. The van der Waals surface area contributed by atoms with Gasteiger partial charge in [0.25, 0.3) is 0 Å². The number of aliphatic hydroxyl groups excluding tert-OH is 1. The fourth-order valence-electron chi connectivity index (χ4n) is 2.82. The number of rotatable bonds is 8. The zero-order valence-electron chi connectivity index (χ0n) is 15.3. The molecule has 3 aromatic rings. The van der Waals surface area contributed by atoms with Gasteiger partial charge in [0, 0.05) is 18.0 Å². The Morgan fingerprint density at radius 3 is 2.59 bits per heavy atom. The first-order valence-corrected chi connectivity index (χ1v) is 9.03. The van der Waals surface area contributed by atoms with Crippen LogP contribution in [0.5, 0.6) is 5.75 Å². The zero-order valence-corrected chi connectivity index (χ0v) is 15.3. The van der Waals surface area contributed by atoms with Gasteiger partial charge in [0.15, 0.2) is 5.78 Å². The Bertz CT molecular complexity index is 876. The molecule has 0 unspecified atom stereocenters. The average molecular weight is 361 g/mol. The van der Waals surface area contributed by atoms with E-state index in [0.29, 0.717) is 17.7 Å². The van der Waals surface area contributed by atoms with Crippen molar-refractivity contribution in [3.05, 3.63) is 84.2 Å². The van der Waals surface area contributed by atoms with E-state index in [1.165, 1.54) is 0 Å². The maximum atomic E-state index is 11.5. The Hall–Kier alpha value is -2.98. The van der Waals surface area contributed by atoms with E-state index in [4.69, 9.17) is 4.74 Å². The number of aromatic nitrogens is 1. The smallest absolute Gasteiger partial charge is 0.159 e. The summed E-state index contributed by atoms with van der Waals surface area (Å²) in [5.41, 5.74) is 3.81. The van der Waals surface area contributed by atoms with Gasteiger partial charge in [-0.2, -0.15) is 0 Å². The number of nitrogens with zero attached hydrogens (tertiary/aromatic N) is 1. The van der Waals surface area contributed by atoms with E-state index >= 15 is 0 Å². The second-order valence-corrected chi connectivity index (χ2v) is 6.53. The summed E-state index contributed by atoms with van der Waals surface area (Å²) in [7, 11) is 0. The summed E-state index contributed by atoms with van der Waals surface area (Å²) >= 11 is 0. The molecule has 0 fully saturated rings. The van der Waals surface area contributed by atoms with Crippen molar-refractivity contribution in [3.63, 3.8) is 0 Å². The summed E-state index contributed by atoms with van der Waals surface area (Å²) in [6, 6.07) is 19.1. The van der Waals surface area contributed by atoms with Crippen LogP contribution >= 0.6 is 0 Å². The summed E-state index contributed by atoms with van der Waals surface area (Å²) < 4.78 is 5.69. The van der Waals surface area contributed by atoms with Crippen LogP contribution < -0.4 is 4.74 Å². The Labute approximate surface area is 159 Å². The van der Waals surface area contributed by atoms with Gasteiger partial charge in [0.05, 0.1) is 6.10 Å². The van der Waals surface area contributed by atoms with Crippen LogP contribution in [-0.2, 0) is 6.42 Å². The lowest BCUT2D eigenvalue weighted by atomic mass is 10.0. The fourth-order valence-corrected chi connectivity index (χ4v) is 2.82. The van der Waals surface area contributed by atoms with Crippen molar-refractivity contribution in [2.75, 3.05) is 6.61 Å². The third-order valence-electron chi connectivity index (χ3n) is 4.39. The third kappa shape index (κ3) is 5.50. The predicted molar refractivity (Wildman–Crippen MR) is 106 cm³/mol. The highest BCUT2D eigenvalue weighted by Crippen LogP contribution is 2.23. The number of aliphatic hydroxyl groups is 1. The minimum Gasteiger partial charge on any atom is -0.491 e. The maximum Gasteiger partial charge on any atom is 0.159 e. The topological polar surface area (TPSA) is 59.4 Å². The van der Waals surface area contributed by atoms with Crippen LogP contribution in [0.3, 0.4) is 0 Å². The summed E-state index contributed by atoms with van der Waals surface area (Å²) in [6.45, 7) is 1.81. The first kappa shape index (κ1) is 18.8. The van der Waals surface area contributed by atoms with Crippen LogP contribution in [0.1, 0.15) is 29.3 Å². The quantitative estimate of drug-likeness (QED) is 0.607. The molecule has 1 atom stereocenters. The van der Waals surface area contributed by atoms with Gasteiger partial charge in [-0.15, -0.1) is 0 Å². The SMILES string of the molecule is CC(=O)c1cccc(-c2ccc(OC[C@H](O)CCc3cccnc3)cc2)c1. The molecule has 0 radical (unpaired) electrons. The molecule has 3 rings (SSSR count). The van der Waals surface area contributed by atoms with Crippen molar-refractivity contribution in [1.82, 2.24) is 4.98 Å². The van der Waals surface area contributed by atoms with Crippen molar-refractivity contribution in [1.29, 1.82) is 0 Å². The molecule has 1 heterocycles. The highest BCUT2D eigenvalue weighted by molar-refractivity contribution is 5.95. The van der Waals surface area contributed by atoms with Crippen molar-refractivity contribution in [2.24, 2.45) is 0 Å². The van der Waals surface area contributed by atoms with E-state index < -0.39 is 6.10 Å². The number of ketones is 1. The standard InChI is InChI=1S/C23H23NO3/c1-17(25)20-5-2-6-21(14-20)19-8-11-23(12-9-19)27-16-22(26)10-7-18-4-3-13-24-15-18/h2-6,8-9,11-15,22,26H,7,10,16H2,1H3/t22-/m1/s1. The fraction of sp³-hybridized carbons (Fsp3) is 0.217. The molecule has 138 valence electrons. The van der Waals surface area contributed by atoms with Crippen LogP contribution in [0.15, 0.2) is 73.1 Å². The Balaban J connectivity index is 1.53. The van der Waals surface area contributed by atoms with Crippen molar-refractivity contribution >= 4 is 5.78 Å². The molecule has 1 N–H and O–H groups in total. The Morgan fingerprint density at radius 1 is 1.07 bits per heavy atom. The molecule has 4 heteroatoms.